The standard InChI is InChI=1S/C16H17BrN4O4S2/c1-11(22)18-16-19-13(10-26-16)15(23)20-6-8-21(9-7-20)27(24,25)14-5-3-2-4-12(14)17/h2-5,10H,6-9H2,1H3,(H,18,19,22). The van der Waals surface area contributed by atoms with E-state index < -0.39 is 10.0 Å². The molecule has 1 N–H and O–H groups in total. The largest absolute Gasteiger partial charge is 0.335 e. The first-order valence-electron chi connectivity index (χ1n) is 8.06. The van der Waals surface area contributed by atoms with Crippen LogP contribution in [0, 0.1) is 0 Å². The number of benzene rings is 1. The lowest BCUT2D eigenvalue weighted by atomic mass is 10.3. The van der Waals surface area contributed by atoms with Crippen molar-refractivity contribution in [2.24, 2.45) is 0 Å². The monoisotopic (exact) mass is 472 g/mol. The summed E-state index contributed by atoms with van der Waals surface area (Å²) in [5.74, 6) is -0.532. The van der Waals surface area contributed by atoms with Gasteiger partial charge in [0.1, 0.15) is 5.69 Å². The third kappa shape index (κ3) is 4.37. The summed E-state index contributed by atoms with van der Waals surface area (Å²) in [7, 11) is -3.63. The maximum atomic E-state index is 12.8. The van der Waals surface area contributed by atoms with Gasteiger partial charge in [-0.2, -0.15) is 4.31 Å². The average molecular weight is 473 g/mol. The number of piperazine rings is 1. The fourth-order valence-corrected chi connectivity index (χ4v) is 5.78. The minimum Gasteiger partial charge on any atom is -0.335 e. The molecule has 27 heavy (non-hydrogen) atoms. The van der Waals surface area contributed by atoms with Gasteiger partial charge < -0.3 is 10.2 Å². The number of anilines is 1. The quantitative estimate of drug-likeness (QED) is 0.733. The van der Waals surface area contributed by atoms with E-state index in [4.69, 9.17) is 0 Å². The van der Waals surface area contributed by atoms with E-state index in [1.54, 1.807) is 34.5 Å². The molecule has 2 heterocycles. The summed E-state index contributed by atoms with van der Waals surface area (Å²) >= 11 is 4.45. The van der Waals surface area contributed by atoms with Crippen LogP contribution >= 0.6 is 27.3 Å². The summed E-state index contributed by atoms with van der Waals surface area (Å²) in [6.45, 7) is 2.33. The number of carbonyl (C=O) groups is 2. The molecule has 1 aliphatic heterocycles. The van der Waals surface area contributed by atoms with Gasteiger partial charge in [-0.15, -0.1) is 11.3 Å². The zero-order valence-corrected chi connectivity index (χ0v) is 17.6. The number of nitrogens with zero attached hydrogens (tertiary/aromatic N) is 3. The van der Waals surface area contributed by atoms with E-state index in [1.807, 2.05) is 0 Å². The van der Waals surface area contributed by atoms with Crippen LogP contribution in [0.25, 0.3) is 0 Å². The lowest BCUT2D eigenvalue weighted by Crippen LogP contribution is -2.50. The molecule has 1 aromatic carbocycles. The second-order valence-electron chi connectivity index (χ2n) is 5.85. The van der Waals surface area contributed by atoms with Crippen LogP contribution in [0.2, 0.25) is 0 Å². The Bertz CT molecular complexity index is 968. The second kappa shape index (κ2) is 8.05. The van der Waals surface area contributed by atoms with Gasteiger partial charge in [-0.05, 0) is 28.1 Å². The fraction of sp³-hybridized carbons (Fsp3) is 0.312. The molecular formula is C16H17BrN4O4S2. The highest BCUT2D eigenvalue weighted by Crippen LogP contribution is 2.26. The highest BCUT2D eigenvalue weighted by Gasteiger charge is 2.32. The number of amides is 2. The molecule has 1 aromatic heterocycles. The molecule has 3 rings (SSSR count). The summed E-state index contributed by atoms with van der Waals surface area (Å²) in [4.78, 5) is 29.5. The first kappa shape index (κ1) is 19.9. The van der Waals surface area contributed by atoms with E-state index in [2.05, 4.69) is 26.2 Å². The molecule has 1 saturated heterocycles. The molecule has 8 nitrogen and oxygen atoms in total. The van der Waals surface area contributed by atoms with E-state index in [9.17, 15) is 18.0 Å². The highest BCUT2D eigenvalue weighted by molar-refractivity contribution is 9.10. The van der Waals surface area contributed by atoms with Crippen molar-refractivity contribution in [3.05, 3.63) is 39.8 Å². The number of hydrogen-bond donors (Lipinski definition) is 1. The van der Waals surface area contributed by atoms with Crippen molar-refractivity contribution in [1.29, 1.82) is 0 Å². The summed E-state index contributed by atoms with van der Waals surface area (Å²) in [6.07, 6.45) is 0. The Hall–Kier alpha value is -1.82. The van der Waals surface area contributed by atoms with Crippen LogP contribution in [-0.2, 0) is 14.8 Å². The van der Waals surface area contributed by atoms with Crippen LogP contribution < -0.4 is 5.32 Å². The lowest BCUT2D eigenvalue weighted by molar-refractivity contribution is -0.114. The third-order valence-electron chi connectivity index (χ3n) is 3.99. The molecule has 0 saturated carbocycles. The predicted octanol–water partition coefficient (Wildman–Crippen LogP) is 2.01. The zero-order valence-electron chi connectivity index (χ0n) is 14.4. The maximum Gasteiger partial charge on any atom is 0.273 e. The van der Waals surface area contributed by atoms with Crippen LogP contribution in [0.4, 0.5) is 5.13 Å². The molecule has 0 spiro atoms. The molecule has 0 atom stereocenters. The van der Waals surface area contributed by atoms with E-state index in [0.29, 0.717) is 9.60 Å². The van der Waals surface area contributed by atoms with Crippen molar-refractivity contribution in [2.45, 2.75) is 11.8 Å². The first-order chi connectivity index (χ1) is 12.8. The van der Waals surface area contributed by atoms with Gasteiger partial charge in [-0.25, -0.2) is 13.4 Å². The van der Waals surface area contributed by atoms with Gasteiger partial charge in [-0.3, -0.25) is 9.59 Å². The highest BCUT2D eigenvalue weighted by atomic mass is 79.9. The van der Waals surface area contributed by atoms with E-state index in [-0.39, 0.29) is 48.6 Å². The third-order valence-corrected chi connectivity index (χ3v) is 7.66. The van der Waals surface area contributed by atoms with Crippen LogP contribution in [-0.4, -0.2) is 60.6 Å². The number of halogens is 1. The van der Waals surface area contributed by atoms with Crippen LogP contribution in [0.1, 0.15) is 17.4 Å². The summed E-state index contributed by atoms with van der Waals surface area (Å²) in [5.41, 5.74) is 0.242. The molecule has 144 valence electrons. The molecule has 2 amide bonds. The van der Waals surface area contributed by atoms with Crippen molar-refractivity contribution < 1.29 is 18.0 Å². The average Bonchev–Trinajstić information content (AvgIpc) is 3.09. The number of nitrogens with one attached hydrogen (secondary N) is 1. The smallest absolute Gasteiger partial charge is 0.273 e. The fourth-order valence-electron chi connectivity index (χ4n) is 2.67. The van der Waals surface area contributed by atoms with Gasteiger partial charge in [-0.1, -0.05) is 12.1 Å². The lowest BCUT2D eigenvalue weighted by Gasteiger charge is -2.33. The Kier molecular flexibility index (Phi) is 5.94. The number of hydrogen-bond acceptors (Lipinski definition) is 6. The van der Waals surface area contributed by atoms with Crippen molar-refractivity contribution in [2.75, 3.05) is 31.5 Å². The van der Waals surface area contributed by atoms with Crippen LogP contribution in [0.3, 0.4) is 0 Å². The molecule has 0 aliphatic carbocycles. The molecular weight excluding hydrogens is 456 g/mol. The molecule has 0 radical (unpaired) electrons. The SMILES string of the molecule is CC(=O)Nc1nc(C(=O)N2CCN(S(=O)(=O)c3ccccc3Br)CC2)cs1. The van der Waals surface area contributed by atoms with Gasteiger partial charge in [0.05, 0.1) is 4.90 Å². The predicted molar refractivity (Wildman–Crippen MR) is 105 cm³/mol. The molecule has 0 unspecified atom stereocenters. The topological polar surface area (TPSA) is 99.7 Å². The first-order valence-corrected chi connectivity index (χ1v) is 11.2. The Morgan fingerprint density at radius 2 is 1.85 bits per heavy atom. The molecule has 2 aromatic rings. The Labute approximate surface area is 169 Å². The van der Waals surface area contributed by atoms with E-state index in [0.717, 1.165) is 0 Å². The van der Waals surface area contributed by atoms with Crippen LogP contribution in [0.15, 0.2) is 39.0 Å². The van der Waals surface area contributed by atoms with E-state index >= 15 is 0 Å². The number of aromatic nitrogens is 1. The van der Waals surface area contributed by atoms with Gasteiger partial charge in [0.2, 0.25) is 15.9 Å². The normalized spacial score (nSPS) is 15.6. The molecule has 11 heteroatoms. The Morgan fingerprint density at radius 1 is 1.19 bits per heavy atom. The summed E-state index contributed by atoms with van der Waals surface area (Å²) in [5, 5.41) is 4.48. The van der Waals surface area contributed by atoms with Crippen molar-refractivity contribution >= 4 is 54.2 Å². The zero-order chi connectivity index (χ0) is 19.6. The van der Waals surface area contributed by atoms with Gasteiger partial charge in [0.25, 0.3) is 5.91 Å². The van der Waals surface area contributed by atoms with Crippen LogP contribution in [0.5, 0.6) is 0 Å². The minimum atomic E-state index is -3.63. The Morgan fingerprint density at radius 3 is 2.48 bits per heavy atom. The van der Waals surface area contributed by atoms with Gasteiger partial charge in [0, 0.05) is 43.0 Å². The van der Waals surface area contributed by atoms with E-state index in [1.165, 1.54) is 22.6 Å². The van der Waals surface area contributed by atoms with Gasteiger partial charge >= 0.3 is 0 Å². The number of carbonyl (C=O) groups excluding carboxylic acids is 2. The molecule has 0 bridgehead atoms. The minimum absolute atomic E-state index is 0.206. The number of thiazole rings is 1. The van der Waals surface area contributed by atoms with Crippen molar-refractivity contribution in [3.63, 3.8) is 0 Å². The second-order valence-corrected chi connectivity index (χ2v) is 9.46. The molecule has 1 aliphatic rings. The van der Waals surface area contributed by atoms with Crippen molar-refractivity contribution in [3.8, 4) is 0 Å². The summed E-state index contributed by atoms with van der Waals surface area (Å²) < 4.78 is 27.5. The molecule has 1 fully saturated rings. The number of rotatable bonds is 4. The summed E-state index contributed by atoms with van der Waals surface area (Å²) in [6, 6.07) is 6.66. The Balaban J connectivity index is 1.66. The van der Waals surface area contributed by atoms with Crippen molar-refractivity contribution in [1.82, 2.24) is 14.2 Å². The van der Waals surface area contributed by atoms with Gasteiger partial charge in [0.15, 0.2) is 5.13 Å². The number of sulfonamides is 1. The maximum absolute atomic E-state index is 12.8.